The van der Waals surface area contributed by atoms with Crippen molar-refractivity contribution in [3.8, 4) is 22.8 Å². The van der Waals surface area contributed by atoms with Crippen LogP contribution in [-0.2, 0) is 0 Å². The average molecular weight is 431 g/mol. The minimum absolute atomic E-state index is 0. The van der Waals surface area contributed by atoms with Crippen molar-refractivity contribution in [2.45, 2.75) is 0 Å². The van der Waals surface area contributed by atoms with Crippen molar-refractivity contribution in [3.63, 3.8) is 0 Å². The highest BCUT2D eigenvalue weighted by Crippen LogP contribution is 2.35. The molecule has 1 aromatic heterocycles. The van der Waals surface area contributed by atoms with E-state index in [-0.39, 0.29) is 36.4 Å². The highest BCUT2D eigenvalue weighted by molar-refractivity contribution is 5.97. The van der Waals surface area contributed by atoms with Gasteiger partial charge in [-0.25, -0.2) is 4.98 Å². The van der Waals surface area contributed by atoms with Gasteiger partial charge in [-0.2, -0.15) is 0 Å². The largest absolute Gasteiger partial charge is 0.486 e. The average Bonchev–Trinajstić information content (AvgIpc) is 3.18. The highest BCUT2D eigenvalue weighted by atomic mass is 35.5. The van der Waals surface area contributed by atoms with E-state index in [2.05, 4.69) is 20.5 Å². The number of ether oxygens (including phenoxy) is 2. The fourth-order valence-corrected chi connectivity index (χ4v) is 3.14. The summed E-state index contributed by atoms with van der Waals surface area (Å²) in [4.78, 5) is 18.9. The van der Waals surface area contributed by atoms with E-state index >= 15 is 0 Å². The van der Waals surface area contributed by atoms with Gasteiger partial charge in [0.1, 0.15) is 13.2 Å². The zero-order valence-electron chi connectivity index (χ0n) is 15.3. The fourth-order valence-electron chi connectivity index (χ4n) is 3.14. The Morgan fingerprint density at radius 1 is 1.14 bits per heavy atom. The third kappa shape index (κ3) is 5.08. The van der Waals surface area contributed by atoms with Gasteiger partial charge in [0.15, 0.2) is 29.3 Å². The second-order valence-corrected chi connectivity index (χ2v) is 6.24. The van der Waals surface area contributed by atoms with E-state index in [0.717, 1.165) is 38.3 Å². The van der Waals surface area contributed by atoms with Crippen LogP contribution in [-0.4, -0.2) is 68.3 Å². The first-order valence-electron chi connectivity index (χ1n) is 8.86. The molecule has 0 radical (unpaired) electrons. The number of rotatable bonds is 5. The number of carbonyl (C=O) groups excluding carboxylic acids is 1. The molecular weight excluding hydrogens is 407 g/mol. The van der Waals surface area contributed by atoms with E-state index < -0.39 is 0 Å². The molecule has 1 fully saturated rings. The number of nitrogens with zero attached hydrogens (tertiary/aromatic N) is 2. The molecule has 0 unspecified atom stereocenters. The smallest absolute Gasteiger partial charge is 0.273 e. The first-order valence-corrected chi connectivity index (χ1v) is 8.86. The number of hydrogen-bond donors (Lipinski definition) is 2. The van der Waals surface area contributed by atoms with Gasteiger partial charge in [0, 0.05) is 44.8 Å². The van der Waals surface area contributed by atoms with Gasteiger partial charge < -0.3 is 24.5 Å². The molecule has 0 saturated carbocycles. The van der Waals surface area contributed by atoms with Crippen molar-refractivity contribution in [3.05, 3.63) is 30.3 Å². The molecule has 8 nitrogen and oxygen atoms in total. The molecule has 2 aromatic rings. The molecule has 0 spiro atoms. The number of hydrogen-bond acceptors (Lipinski definition) is 7. The van der Waals surface area contributed by atoms with Crippen molar-refractivity contribution in [1.29, 1.82) is 0 Å². The maximum Gasteiger partial charge on any atom is 0.273 e. The molecule has 2 N–H and O–H groups in total. The molecule has 154 valence electrons. The Hall–Kier alpha value is -2.00. The molecule has 1 aromatic carbocycles. The van der Waals surface area contributed by atoms with E-state index in [0.29, 0.717) is 37.0 Å². The molecule has 3 heterocycles. The van der Waals surface area contributed by atoms with Crippen LogP contribution in [0.2, 0.25) is 0 Å². The number of benzene rings is 1. The second-order valence-electron chi connectivity index (χ2n) is 6.24. The number of nitrogens with one attached hydrogen (secondary N) is 2. The summed E-state index contributed by atoms with van der Waals surface area (Å²) in [6.07, 6.45) is 1.29. The molecule has 0 atom stereocenters. The first kappa shape index (κ1) is 22.3. The predicted octanol–water partition coefficient (Wildman–Crippen LogP) is 1.59. The number of amides is 1. The number of oxazole rings is 1. The van der Waals surface area contributed by atoms with Gasteiger partial charge in [-0.1, -0.05) is 0 Å². The Morgan fingerprint density at radius 2 is 1.89 bits per heavy atom. The Morgan fingerprint density at radius 3 is 2.68 bits per heavy atom. The van der Waals surface area contributed by atoms with Gasteiger partial charge >= 0.3 is 0 Å². The van der Waals surface area contributed by atoms with Gasteiger partial charge in [0.2, 0.25) is 0 Å². The molecule has 2 aliphatic rings. The molecule has 2 aliphatic heterocycles. The zero-order valence-corrected chi connectivity index (χ0v) is 16.9. The van der Waals surface area contributed by atoms with E-state index in [4.69, 9.17) is 13.9 Å². The fraction of sp³-hybridized carbons (Fsp3) is 0.444. The highest BCUT2D eigenvalue weighted by Gasteiger charge is 2.21. The van der Waals surface area contributed by atoms with Gasteiger partial charge in [-0.15, -0.1) is 24.8 Å². The van der Waals surface area contributed by atoms with Crippen molar-refractivity contribution in [2.24, 2.45) is 0 Å². The molecule has 0 bridgehead atoms. The first-order chi connectivity index (χ1) is 12.8. The van der Waals surface area contributed by atoms with Crippen molar-refractivity contribution >= 4 is 30.7 Å². The van der Waals surface area contributed by atoms with Crippen LogP contribution in [0.15, 0.2) is 29.0 Å². The minimum Gasteiger partial charge on any atom is -0.486 e. The molecule has 4 rings (SSSR count). The van der Waals surface area contributed by atoms with E-state index in [1.165, 1.54) is 6.39 Å². The second kappa shape index (κ2) is 10.5. The number of aromatic nitrogens is 1. The SMILES string of the molecule is Cl.Cl.O=C(NCCN1CCNCC1)c1ncoc1-c1ccc2c(c1)OCCO2. The predicted molar refractivity (Wildman–Crippen MR) is 109 cm³/mol. The van der Waals surface area contributed by atoms with Crippen molar-refractivity contribution in [1.82, 2.24) is 20.5 Å². The Balaban J connectivity index is 0.00000140. The maximum atomic E-state index is 12.5. The number of halogens is 2. The number of piperazine rings is 1. The quantitative estimate of drug-likeness (QED) is 0.744. The topological polar surface area (TPSA) is 88.9 Å². The van der Waals surface area contributed by atoms with Gasteiger partial charge in [0.25, 0.3) is 5.91 Å². The summed E-state index contributed by atoms with van der Waals surface area (Å²) in [7, 11) is 0. The van der Waals surface area contributed by atoms with Crippen LogP contribution in [0, 0.1) is 0 Å². The van der Waals surface area contributed by atoms with Crippen LogP contribution in [0.1, 0.15) is 10.5 Å². The summed E-state index contributed by atoms with van der Waals surface area (Å²) >= 11 is 0. The Labute approximate surface area is 175 Å². The van der Waals surface area contributed by atoms with Crippen LogP contribution in [0.3, 0.4) is 0 Å². The van der Waals surface area contributed by atoms with Gasteiger partial charge in [-0.05, 0) is 18.2 Å². The van der Waals surface area contributed by atoms with E-state index in [1.54, 1.807) is 0 Å². The lowest BCUT2D eigenvalue weighted by atomic mass is 10.1. The van der Waals surface area contributed by atoms with E-state index in [1.807, 2.05) is 18.2 Å². The Kier molecular flexibility index (Phi) is 8.37. The third-order valence-electron chi connectivity index (χ3n) is 4.51. The van der Waals surface area contributed by atoms with Crippen molar-refractivity contribution in [2.75, 3.05) is 52.5 Å². The molecular formula is C18H24Cl2N4O4. The van der Waals surface area contributed by atoms with Crippen LogP contribution in [0.5, 0.6) is 11.5 Å². The molecule has 10 heteroatoms. The summed E-state index contributed by atoms with van der Waals surface area (Å²) in [5.41, 5.74) is 1.01. The van der Waals surface area contributed by atoms with Gasteiger partial charge in [-0.3, -0.25) is 9.69 Å². The minimum atomic E-state index is -0.237. The summed E-state index contributed by atoms with van der Waals surface area (Å²) in [5, 5.41) is 6.24. The Bertz CT molecular complexity index is 781. The monoisotopic (exact) mass is 430 g/mol. The number of carbonyl (C=O) groups is 1. The maximum absolute atomic E-state index is 12.5. The van der Waals surface area contributed by atoms with E-state index in [9.17, 15) is 4.79 Å². The normalized spacial score (nSPS) is 15.9. The standard InChI is InChI=1S/C18H22N4O4.2ClH/c23-18(20-5-8-22-6-3-19-4-7-22)16-17(26-12-21-16)13-1-2-14-15(11-13)25-10-9-24-14;;/h1-2,11-12,19H,3-10H2,(H,20,23);2*1H. The van der Waals surface area contributed by atoms with Crippen LogP contribution >= 0.6 is 24.8 Å². The summed E-state index contributed by atoms with van der Waals surface area (Å²) < 4.78 is 16.6. The lowest BCUT2D eigenvalue weighted by molar-refractivity contribution is 0.0943. The molecule has 1 amide bonds. The number of fused-ring (bicyclic) bond motifs is 1. The van der Waals surface area contributed by atoms with Gasteiger partial charge in [0.05, 0.1) is 0 Å². The summed E-state index contributed by atoms with van der Waals surface area (Å²) in [6, 6.07) is 5.47. The lowest BCUT2D eigenvalue weighted by Gasteiger charge is -2.27. The van der Waals surface area contributed by atoms with Crippen LogP contribution < -0.4 is 20.1 Å². The summed E-state index contributed by atoms with van der Waals surface area (Å²) in [5.74, 6) is 1.54. The van der Waals surface area contributed by atoms with Crippen molar-refractivity contribution < 1.29 is 18.7 Å². The molecule has 1 saturated heterocycles. The lowest BCUT2D eigenvalue weighted by Crippen LogP contribution is -2.46. The summed E-state index contributed by atoms with van der Waals surface area (Å²) in [6.45, 7) is 6.43. The molecule has 0 aliphatic carbocycles. The third-order valence-corrected chi connectivity index (χ3v) is 4.51. The van der Waals surface area contributed by atoms with Crippen LogP contribution in [0.25, 0.3) is 11.3 Å². The molecule has 28 heavy (non-hydrogen) atoms. The zero-order chi connectivity index (χ0) is 17.8. The van der Waals surface area contributed by atoms with Crippen LogP contribution in [0.4, 0.5) is 0 Å².